The van der Waals surface area contributed by atoms with E-state index in [-0.39, 0.29) is 35.5 Å². The summed E-state index contributed by atoms with van der Waals surface area (Å²) in [4.78, 5) is 4.22. The average molecular weight is 473 g/mol. The highest BCUT2D eigenvalue weighted by atomic mass is 127. The third kappa shape index (κ3) is 7.57. The molecule has 1 aromatic carbocycles. The topological polar surface area (TPSA) is 68.9 Å². The van der Waals surface area contributed by atoms with E-state index in [2.05, 4.69) is 10.3 Å². The van der Waals surface area contributed by atoms with Gasteiger partial charge in [-0.1, -0.05) is 12.5 Å². The van der Waals surface area contributed by atoms with Crippen LogP contribution in [-0.2, 0) is 6.54 Å². The van der Waals surface area contributed by atoms with Crippen molar-refractivity contribution < 1.29 is 22.6 Å². The molecule has 1 aromatic rings. The molecular weight excluding hydrogens is 450 g/mol. The molecule has 1 saturated carbocycles. The molecule has 3 N–H and O–H groups in total. The van der Waals surface area contributed by atoms with Crippen molar-refractivity contribution in [2.24, 2.45) is 16.6 Å². The quantitative estimate of drug-likeness (QED) is 0.362. The highest BCUT2D eigenvalue weighted by Gasteiger charge is 2.29. The predicted octanol–water partition coefficient (Wildman–Crippen LogP) is 3.46. The lowest BCUT2D eigenvalue weighted by Crippen LogP contribution is -2.37. The first-order chi connectivity index (χ1) is 11.4. The zero-order valence-corrected chi connectivity index (χ0v) is 16.3. The van der Waals surface area contributed by atoms with Gasteiger partial charge in [0.05, 0.1) is 13.7 Å². The second-order valence-corrected chi connectivity index (χ2v) is 5.77. The van der Waals surface area contributed by atoms with E-state index < -0.39 is 12.8 Å². The van der Waals surface area contributed by atoms with Crippen molar-refractivity contribution in [1.82, 2.24) is 5.32 Å². The SMILES string of the molecule is COc1cc(CN=C(N)NCC2CCC2)ccc1OCC(F)(F)F.I. The van der Waals surface area contributed by atoms with Crippen molar-refractivity contribution in [1.29, 1.82) is 0 Å². The lowest BCUT2D eigenvalue weighted by Gasteiger charge is -2.25. The summed E-state index contributed by atoms with van der Waals surface area (Å²) in [6.07, 6.45) is -0.686. The summed E-state index contributed by atoms with van der Waals surface area (Å²) >= 11 is 0. The molecule has 0 amide bonds. The van der Waals surface area contributed by atoms with E-state index in [9.17, 15) is 13.2 Å². The van der Waals surface area contributed by atoms with Crippen molar-refractivity contribution in [2.45, 2.75) is 32.0 Å². The van der Waals surface area contributed by atoms with Gasteiger partial charge >= 0.3 is 6.18 Å². The fourth-order valence-electron chi connectivity index (χ4n) is 2.27. The lowest BCUT2D eigenvalue weighted by molar-refractivity contribution is -0.153. The highest BCUT2D eigenvalue weighted by Crippen LogP contribution is 2.30. The number of hydrogen-bond acceptors (Lipinski definition) is 3. The van der Waals surface area contributed by atoms with E-state index in [0.29, 0.717) is 18.4 Å². The number of methoxy groups -OCH3 is 1. The molecule has 1 fully saturated rings. The van der Waals surface area contributed by atoms with Crippen LogP contribution in [0.3, 0.4) is 0 Å². The monoisotopic (exact) mass is 473 g/mol. The number of halogens is 4. The second kappa shape index (κ2) is 9.93. The van der Waals surface area contributed by atoms with E-state index in [1.165, 1.54) is 32.4 Å². The smallest absolute Gasteiger partial charge is 0.422 e. The molecule has 25 heavy (non-hydrogen) atoms. The second-order valence-electron chi connectivity index (χ2n) is 5.77. The summed E-state index contributed by atoms with van der Waals surface area (Å²) in [5.41, 5.74) is 6.57. The van der Waals surface area contributed by atoms with Crippen LogP contribution in [0.2, 0.25) is 0 Å². The van der Waals surface area contributed by atoms with Gasteiger partial charge < -0.3 is 20.5 Å². The molecule has 0 aliphatic heterocycles. The number of ether oxygens (including phenoxy) is 2. The van der Waals surface area contributed by atoms with Gasteiger partial charge in [0.1, 0.15) is 0 Å². The van der Waals surface area contributed by atoms with Gasteiger partial charge in [-0.25, -0.2) is 4.99 Å². The predicted molar refractivity (Wildman–Crippen MR) is 101 cm³/mol. The third-order valence-electron chi connectivity index (χ3n) is 3.85. The van der Waals surface area contributed by atoms with Gasteiger partial charge in [0.15, 0.2) is 24.1 Å². The third-order valence-corrected chi connectivity index (χ3v) is 3.85. The van der Waals surface area contributed by atoms with Gasteiger partial charge in [0, 0.05) is 6.54 Å². The molecule has 142 valence electrons. The molecule has 0 unspecified atom stereocenters. The van der Waals surface area contributed by atoms with Crippen molar-refractivity contribution in [3.05, 3.63) is 23.8 Å². The van der Waals surface area contributed by atoms with E-state index in [0.717, 1.165) is 12.1 Å². The van der Waals surface area contributed by atoms with Crippen LogP contribution in [0.15, 0.2) is 23.2 Å². The first kappa shape index (κ1) is 21.7. The minimum absolute atomic E-state index is 0. The molecule has 1 aliphatic carbocycles. The van der Waals surface area contributed by atoms with Crippen molar-refractivity contribution in [3.63, 3.8) is 0 Å². The molecule has 0 heterocycles. The Hall–Kier alpha value is -1.39. The van der Waals surface area contributed by atoms with Crippen molar-refractivity contribution in [3.8, 4) is 11.5 Å². The van der Waals surface area contributed by atoms with Crippen LogP contribution in [-0.4, -0.2) is 32.4 Å². The minimum atomic E-state index is -4.39. The number of nitrogens with two attached hydrogens (primary N) is 1. The van der Waals surface area contributed by atoms with Crippen LogP contribution >= 0.6 is 24.0 Å². The van der Waals surface area contributed by atoms with Crippen molar-refractivity contribution in [2.75, 3.05) is 20.3 Å². The number of benzene rings is 1. The average Bonchev–Trinajstić information content (AvgIpc) is 2.48. The molecule has 9 heteroatoms. The normalized spacial score (nSPS) is 15.1. The van der Waals surface area contributed by atoms with E-state index in [1.807, 2.05) is 0 Å². The maximum Gasteiger partial charge on any atom is 0.422 e. The van der Waals surface area contributed by atoms with Crippen LogP contribution in [0, 0.1) is 5.92 Å². The summed E-state index contributed by atoms with van der Waals surface area (Å²) in [5, 5.41) is 3.08. The number of alkyl halides is 3. The summed E-state index contributed by atoms with van der Waals surface area (Å²) in [7, 11) is 1.37. The minimum Gasteiger partial charge on any atom is -0.493 e. The highest BCUT2D eigenvalue weighted by molar-refractivity contribution is 14.0. The summed E-state index contributed by atoms with van der Waals surface area (Å²) in [6, 6.07) is 4.67. The molecular formula is C16H23F3IN3O2. The zero-order valence-electron chi connectivity index (χ0n) is 13.9. The van der Waals surface area contributed by atoms with Crippen LogP contribution in [0.25, 0.3) is 0 Å². The first-order valence-corrected chi connectivity index (χ1v) is 7.77. The zero-order chi connectivity index (χ0) is 17.6. The molecule has 0 atom stereocenters. The molecule has 5 nitrogen and oxygen atoms in total. The van der Waals surface area contributed by atoms with Gasteiger partial charge in [-0.2, -0.15) is 13.2 Å². The maximum absolute atomic E-state index is 12.2. The van der Waals surface area contributed by atoms with Gasteiger partial charge in [-0.05, 0) is 36.5 Å². The molecule has 0 bridgehead atoms. The number of hydrogen-bond donors (Lipinski definition) is 2. The number of nitrogens with zero attached hydrogens (tertiary/aromatic N) is 1. The fraction of sp³-hybridized carbons (Fsp3) is 0.562. The molecule has 0 saturated heterocycles. The van der Waals surface area contributed by atoms with Gasteiger partial charge in [0.2, 0.25) is 0 Å². The van der Waals surface area contributed by atoms with E-state index >= 15 is 0 Å². The van der Waals surface area contributed by atoms with Crippen LogP contribution in [0.5, 0.6) is 11.5 Å². The van der Waals surface area contributed by atoms with Crippen LogP contribution in [0.1, 0.15) is 24.8 Å². The van der Waals surface area contributed by atoms with Crippen molar-refractivity contribution >= 4 is 29.9 Å². The van der Waals surface area contributed by atoms with E-state index in [1.54, 1.807) is 12.1 Å². The van der Waals surface area contributed by atoms with Gasteiger partial charge in [0.25, 0.3) is 0 Å². The first-order valence-electron chi connectivity index (χ1n) is 7.77. The summed E-state index contributed by atoms with van der Waals surface area (Å²) in [6.45, 7) is -0.235. The molecule has 0 spiro atoms. The number of guanidine groups is 1. The Balaban J connectivity index is 0.00000312. The number of nitrogens with one attached hydrogen (secondary N) is 1. The Morgan fingerprint density at radius 3 is 2.60 bits per heavy atom. The van der Waals surface area contributed by atoms with Crippen LogP contribution < -0.4 is 20.5 Å². The maximum atomic E-state index is 12.2. The Morgan fingerprint density at radius 2 is 2.04 bits per heavy atom. The number of rotatable bonds is 7. The van der Waals surface area contributed by atoms with Gasteiger partial charge in [-0.3, -0.25) is 0 Å². The molecule has 1 aliphatic rings. The van der Waals surface area contributed by atoms with Crippen LogP contribution in [0.4, 0.5) is 13.2 Å². The molecule has 2 rings (SSSR count). The summed E-state index contributed by atoms with van der Waals surface area (Å²) in [5.74, 6) is 1.30. The summed E-state index contributed by atoms with van der Waals surface area (Å²) < 4.78 is 46.5. The number of aliphatic imine (C=N–C) groups is 1. The Kier molecular flexibility index (Phi) is 8.60. The van der Waals surface area contributed by atoms with E-state index in [4.69, 9.17) is 15.2 Å². The Bertz CT molecular complexity index is 578. The Labute approximate surface area is 162 Å². The standard InChI is InChI=1S/C16H22F3N3O2.HI/c1-23-14-7-12(5-6-13(14)24-10-16(17,18)19)9-22-15(20)21-8-11-3-2-4-11;/h5-7,11H,2-4,8-10H2,1H3,(H3,20,21,22);1H. The lowest BCUT2D eigenvalue weighted by atomic mass is 9.85. The largest absolute Gasteiger partial charge is 0.493 e. The van der Waals surface area contributed by atoms with Gasteiger partial charge in [-0.15, -0.1) is 24.0 Å². The fourth-order valence-corrected chi connectivity index (χ4v) is 2.27. The molecule has 0 aromatic heterocycles. The Morgan fingerprint density at radius 1 is 1.32 bits per heavy atom. The molecule has 0 radical (unpaired) electrons.